The van der Waals surface area contributed by atoms with Gasteiger partial charge in [0.25, 0.3) is 0 Å². The van der Waals surface area contributed by atoms with Gasteiger partial charge in [0, 0.05) is 11.5 Å². The molecule has 0 atom stereocenters. The van der Waals surface area contributed by atoms with E-state index < -0.39 is 11.7 Å². The molecule has 5 heteroatoms. The van der Waals surface area contributed by atoms with Crippen molar-refractivity contribution in [1.82, 2.24) is 9.78 Å². The minimum Gasteiger partial charge on any atom is -0.497 e. The molecule has 0 radical (unpaired) electrons. The monoisotopic (exact) mass is 262 g/mol. The van der Waals surface area contributed by atoms with Crippen LogP contribution in [0.5, 0.6) is 5.75 Å². The van der Waals surface area contributed by atoms with Crippen molar-refractivity contribution < 1.29 is 14.3 Å². The second-order valence-corrected chi connectivity index (χ2v) is 5.36. The van der Waals surface area contributed by atoms with E-state index in [2.05, 4.69) is 5.10 Å². The fourth-order valence-electron chi connectivity index (χ4n) is 1.82. The summed E-state index contributed by atoms with van der Waals surface area (Å²) >= 11 is 0. The van der Waals surface area contributed by atoms with E-state index in [1.807, 2.05) is 39.8 Å². The number of aromatic nitrogens is 2. The van der Waals surface area contributed by atoms with Gasteiger partial charge in [-0.25, -0.2) is 4.79 Å². The number of ether oxygens (including phenoxy) is 2. The summed E-state index contributed by atoms with van der Waals surface area (Å²) in [7, 11) is 1.59. The van der Waals surface area contributed by atoms with Gasteiger partial charge >= 0.3 is 6.09 Å². The molecule has 0 saturated carbocycles. The molecule has 1 aromatic heterocycles. The highest BCUT2D eigenvalue weighted by molar-refractivity contribution is 5.90. The minimum atomic E-state index is -0.553. The third kappa shape index (κ3) is 2.70. The normalized spacial score (nSPS) is 11.6. The zero-order valence-electron chi connectivity index (χ0n) is 11.9. The third-order valence-corrected chi connectivity index (χ3v) is 2.64. The van der Waals surface area contributed by atoms with E-state index in [4.69, 9.17) is 9.47 Å². The molecule has 19 heavy (non-hydrogen) atoms. The molecule has 2 rings (SSSR count). The molecule has 5 nitrogen and oxygen atoms in total. The van der Waals surface area contributed by atoms with E-state index in [9.17, 15) is 4.79 Å². The molecule has 102 valence electrons. The van der Waals surface area contributed by atoms with E-state index in [1.165, 1.54) is 4.68 Å². The second-order valence-electron chi connectivity index (χ2n) is 5.36. The summed E-state index contributed by atoms with van der Waals surface area (Å²) in [5.41, 5.74) is 0.914. The highest BCUT2D eigenvalue weighted by atomic mass is 16.6. The number of methoxy groups -OCH3 is 1. The summed E-state index contributed by atoms with van der Waals surface area (Å²) in [4.78, 5) is 12.1. The summed E-state index contributed by atoms with van der Waals surface area (Å²) in [6.07, 6.45) is -0.487. The minimum absolute atomic E-state index is 0.487. The topological polar surface area (TPSA) is 53.4 Å². The summed E-state index contributed by atoms with van der Waals surface area (Å²) in [5.74, 6) is 0.678. The van der Waals surface area contributed by atoms with Gasteiger partial charge in [-0.05, 0) is 39.8 Å². The summed E-state index contributed by atoms with van der Waals surface area (Å²) in [5, 5.41) is 5.14. The van der Waals surface area contributed by atoms with Gasteiger partial charge in [0.15, 0.2) is 0 Å². The van der Waals surface area contributed by atoms with Crippen molar-refractivity contribution >= 4 is 17.0 Å². The highest BCUT2D eigenvalue weighted by Crippen LogP contribution is 2.24. The maximum Gasteiger partial charge on any atom is 0.435 e. The lowest BCUT2D eigenvalue weighted by Crippen LogP contribution is -2.27. The van der Waals surface area contributed by atoms with E-state index in [-0.39, 0.29) is 0 Å². The molecular weight excluding hydrogens is 244 g/mol. The van der Waals surface area contributed by atoms with Crippen LogP contribution in [0.2, 0.25) is 0 Å². The largest absolute Gasteiger partial charge is 0.497 e. The Morgan fingerprint density at radius 3 is 2.58 bits per heavy atom. The van der Waals surface area contributed by atoms with Gasteiger partial charge in [-0.3, -0.25) is 0 Å². The third-order valence-electron chi connectivity index (χ3n) is 2.64. The van der Waals surface area contributed by atoms with Crippen molar-refractivity contribution in [3.05, 3.63) is 23.9 Å². The molecular formula is C14H18N2O3. The summed E-state index contributed by atoms with van der Waals surface area (Å²) in [6.45, 7) is 7.33. The first kappa shape index (κ1) is 13.4. The molecule has 2 aromatic rings. The predicted octanol–water partition coefficient (Wildman–Crippen LogP) is 3.14. The highest BCUT2D eigenvalue weighted by Gasteiger charge is 2.21. The fourth-order valence-corrected chi connectivity index (χ4v) is 1.82. The average molecular weight is 262 g/mol. The van der Waals surface area contributed by atoms with Crippen LogP contribution in [0.15, 0.2) is 18.2 Å². The Morgan fingerprint density at radius 1 is 1.32 bits per heavy atom. The van der Waals surface area contributed by atoms with Gasteiger partial charge in [0.05, 0.1) is 18.3 Å². The van der Waals surface area contributed by atoms with E-state index in [1.54, 1.807) is 13.2 Å². The zero-order valence-corrected chi connectivity index (χ0v) is 11.9. The molecule has 0 saturated heterocycles. The van der Waals surface area contributed by atoms with E-state index in [0.717, 1.165) is 11.1 Å². The number of hydrogen-bond donors (Lipinski definition) is 0. The Morgan fingerprint density at radius 2 is 2.00 bits per heavy atom. The Kier molecular flexibility index (Phi) is 3.22. The number of nitrogens with zero attached hydrogens (tertiary/aromatic N) is 2. The Balaban J connectivity index is 2.51. The average Bonchev–Trinajstić information content (AvgIpc) is 2.64. The number of hydrogen-bond acceptors (Lipinski definition) is 4. The molecule has 0 fully saturated rings. The molecule has 0 aliphatic carbocycles. The molecule has 0 aliphatic rings. The van der Waals surface area contributed by atoms with E-state index in [0.29, 0.717) is 11.3 Å². The van der Waals surface area contributed by atoms with Crippen molar-refractivity contribution in [1.29, 1.82) is 0 Å². The summed E-state index contributed by atoms with van der Waals surface area (Å²) in [6, 6.07) is 5.51. The maximum absolute atomic E-state index is 12.1. The quantitative estimate of drug-likeness (QED) is 0.792. The Bertz CT molecular complexity index is 623. The number of carbonyl (C=O) groups excluding carboxylic acids is 1. The van der Waals surface area contributed by atoms with Crippen molar-refractivity contribution in [2.45, 2.75) is 33.3 Å². The smallest absolute Gasteiger partial charge is 0.435 e. The van der Waals surface area contributed by atoms with Crippen LogP contribution in [-0.2, 0) is 4.74 Å². The van der Waals surface area contributed by atoms with Crippen molar-refractivity contribution in [3.63, 3.8) is 0 Å². The van der Waals surface area contributed by atoms with Crippen LogP contribution in [0.3, 0.4) is 0 Å². The standard InChI is InChI=1S/C14H18N2O3/c1-9-11-7-6-10(18-5)8-12(11)16(15-9)13(17)19-14(2,3)4/h6-8H,1-5H3. The van der Waals surface area contributed by atoms with Crippen LogP contribution in [0, 0.1) is 6.92 Å². The fraction of sp³-hybridized carbons (Fsp3) is 0.429. The number of rotatable bonds is 1. The van der Waals surface area contributed by atoms with Crippen LogP contribution in [0.25, 0.3) is 10.9 Å². The number of aryl methyl sites for hydroxylation is 1. The number of benzene rings is 1. The van der Waals surface area contributed by atoms with Gasteiger partial charge in [-0.1, -0.05) is 0 Å². The second kappa shape index (κ2) is 4.57. The first-order valence-electron chi connectivity index (χ1n) is 6.08. The van der Waals surface area contributed by atoms with Crippen LogP contribution in [0.1, 0.15) is 26.5 Å². The number of carbonyl (C=O) groups is 1. The van der Waals surface area contributed by atoms with Crippen molar-refractivity contribution in [3.8, 4) is 5.75 Å². The lowest BCUT2D eigenvalue weighted by Gasteiger charge is -2.19. The van der Waals surface area contributed by atoms with Gasteiger partial charge in [0.1, 0.15) is 11.4 Å². The van der Waals surface area contributed by atoms with Gasteiger partial charge in [0.2, 0.25) is 0 Å². The molecule has 1 heterocycles. The molecule has 0 aliphatic heterocycles. The summed E-state index contributed by atoms with van der Waals surface area (Å²) < 4.78 is 11.8. The van der Waals surface area contributed by atoms with Crippen LogP contribution in [0.4, 0.5) is 4.79 Å². The van der Waals surface area contributed by atoms with Gasteiger partial charge < -0.3 is 9.47 Å². The van der Waals surface area contributed by atoms with Crippen LogP contribution >= 0.6 is 0 Å². The van der Waals surface area contributed by atoms with Crippen LogP contribution in [-0.4, -0.2) is 28.6 Å². The lowest BCUT2D eigenvalue weighted by molar-refractivity contribution is 0.0522. The lowest BCUT2D eigenvalue weighted by atomic mass is 10.2. The first-order chi connectivity index (χ1) is 8.81. The molecule has 0 N–H and O–H groups in total. The molecule has 1 aromatic carbocycles. The molecule has 0 unspecified atom stereocenters. The Labute approximate surface area is 112 Å². The molecule has 0 amide bonds. The zero-order chi connectivity index (χ0) is 14.2. The number of fused-ring (bicyclic) bond motifs is 1. The van der Waals surface area contributed by atoms with Gasteiger partial charge in [-0.15, -0.1) is 0 Å². The Hall–Kier alpha value is -2.04. The molecule has 0 spiro atoms. The van der Waals surface area contributed by atoms with Crippen molar-refractivity contribution in [2.75, 3.05) is 7.11 Å². The molecule has 0 bridgehead atoms. The SMILES string of the molecule is COc1ccc2c(C)nn(C(=O)OC(C)(C)C)c2c1. The van der Waals surface area contributed by atoms with E-state index >= 15 is 0 Å². The van der Waals surface area contributed by atoms with Crippen molar-refractivity contribution in [2.24, 2.45) is 0 Å². The predicted molar refractivity (Wildman–Crippen MR) is 72.7 cm³/mol. The first-order valence-corrected chi connectivity index (χ1v) is 6.08. The maximum atomic E-state index is 12.1. The van der Waals surface area contributed by atoms with Gasteiger partial charge in [-0.2, -0.15) is 9.78 Å². The van der Waals surface area contributed by atoms with Crippen LogP contribution < -0.4 is 4.74 Å².